The van der Waals surface area contributed by atoms with Gasteiger partial charge < -0.3 is 47.4 Å². The van der Waals surface area contributed by atoms with E-state index in [0.29, 0.717) is 106 Å². The normalized spacial score (nSPS) is 19.5. The van der Waals surface area contributed by atoms with Gasteiger partial charge in [0.2, 0.25) is 0 Å². The fourth-order valence-electron chi connectivity index (χ4n) is 8.87. The first-order valence-electron chi connectivity index (χ1n) is 24.2. The summed E-state index contributed by atoms with van der Waals surface area (Å²) < 4.78 is 65.5. The smallest absolute Gasteiger partial charge is 0.120 e. The van der Waals surface area contributed by atoms with Crippen LogP contribution in [0, 0.1) is 0 Å². The minimum atomic E-state index is 0.418. The predicted octanol–water partition coefficient (Wildman–Crippen LogP) is 11.7. The third-order valence-electron chi connectivity index (χ3n) is 12.0. The summed E-state index contributed by atoms with van der Waals surface area (Å²) in [4.78, 5) is 0. The molecule has 0 amide bonds. The molecule has 0 radical (unpaired) electrons. The van der Waals surface area contributed by atoms with Crippen molar-refractivity contribution in [1.29, 1.82) is 0 Å². The van der Waals surface area contributed by atoms with E-state index >= 15 is 0 Å². The van der Waals surface area contributed by atoms with E-state index in [1.165, 1.54) is 59.4 Å². The van der Waals surface area contributed by atoms with Crippen LogP contribution in [0.4, 0.5) is 0 Å². The molecule has 0 aromatic heterocycles. The number of thioether (sulfide) groups is 8. The Morgan fingerprint density at radius 3 is 0.608 bits per heavy atom. The monoisotopic (exact) mass is 1140 g/mol. The summed E-state index contributed by atoms with van der Waals surface area (Å²) in [6.07, 6.45) is 0. The van der Waals surface area contributed by atoms with Gasteiger partial charge in [0.05, 0.1) is 96.2 Å². The van der Waals surface area contributed by atoms with Gasteiger partial charge in [-0.15, -0.1) is 0 Å². The van der Waals surface area contributed by atoms with Crippen LogP contribution < -0.4 is 39.8 Å². The van der Waals surface area contributed by atoms with Crippen molar-refractivity contribution in [3.63, 3.8) is 0 Å². The van der Waals surface area contributed by atoms with Gasteiger partial charge in [-0.05, 0) is 159 Å². The zero-order valence-corrected chi connectivity index (χ0v) is 46.7. The molecule has 12 heterocycles. The summed E-state index contributed by atoms with van der Waals surface area (Å²) in [5, 5.41) is 31.3. The Labute approximate surface area is 463 Å². The third kappa shape index (κ3) is 12.8. The lowest BCUT2D eigenvalue weighted by Crippen LogP contribution is -2.18. The van der Waals surface area contributed by atoms with Gasteiger partial charge in [-0.1, -0.05) is 94.1 Å². The molecule has 74 heavy (non-hydrogen) atoms. The Kier molecular flexibility index (Phi) is 19.0. The standard InChI is InChI=1S/C56H52O10S8/c1-5-41-45-33-37(1)63-21-17-59-13-9-57-10-14-61-19-23-65-39-3-7-43-47(35-39)51(55-71-29-30-72-55)44-8-4-40(36-48(44)52(43)56-73-31-32-74-56)66-24-20-62-16-12-58-11-15-60-18-22-64-38-2-6-42(50(45)54-69-27-28-70-54)46(34-38)49(41)53-67-25-26-68-53/h1-8,25-36H,9-24H2. The maximum atomic E-state index is 6.32. The Balaban J connectivity index is 0.778. The lowest BCUT2D eigenvalue weighted by Gasteiger charge is -2.15. The van der Waals surface area contributed by atoms with Crippen LogP contribution in [0.15, 0.2) is 116 Å². The molecule has 18 heteroatoms. The second-order valence-electron chi connectivity index (χ2n) is 16.6. The minimum Gasteiger partial charge on any atom is -0.491 e. The van der Waals surface area contributed by atoms with E-state index < -0.39 is 0 Å². The highest BCUT2D eigenvalue weighted by Crippen LogP contribution is 2.43. The molecule has 18 rings (SSSR count). The van der Waals surface area contributed by atoms with Crippen LogP contribution in [0.3, 0.4) is 0 Å². The first kappa shape index (κ1) is 52.6. The van der Waals surface area contributed by atoms with E-state index in [9.17, 15) is 0 Å². The van der Waals surface area contributed by atoms with Crippen molar-refractivity contribution in [3.05, 3.63) is 137 Å². The van der Waals surface area contributed by atoms with Crippen molar-refractivity contribution >= 4 is 154 Å². The van der Waals surface area contributed by atoms with E-state index in [1.807, 2.05) is 0 Å². The van der Waals surface area contributed by atoms with Crippen LogP contribution in [0.2, 0.25) is 0 Å². The first-order valence-corrected chi connectivity index (χ1v) is 31.3. The zero-order chi connectivity index (χ0) is 49.7. The van der Waals surface area contributed by atoms with Crippen LogP contribution in [-0.4, -0.2) is 106 Å². The van der Waals surface area contributed by atoms with Crippen molar-refractivity contribution in [2.45, 2.75) is 0 Å². The second kappa shape index (κ2) is 26.7. The van der Waals surface area contributed by atoms with Gasteiger partial charge in [0.1, 0.15) is 49.4 Å². The van der Waals surface area contributed by atoms with Gasteiger partial charge in [0.15, 0.2) is 0 Å². The number of ether oxygens (including phenoxy) is 10. The Hall–Kier alpha value is -3.44. The van der Waals surface area contributed by atoms with Crippen molar-refractivity contribution in [3.8, 4) is 23.0 Å². The van der Waals surface area contributed by atoms with Crippen LogP contribution in [-0.2, 0) is 28.4 Å². The summed E-state index contributed by atoms with van der Waals surface area (Å²) in [5.74, 6) is 3.20. The van der Waals surface area contributed by atoms with Gasteiger partial charge in [-0.2, -0.15) is 0 Å². The molecule has 0 unspecified atom stereocenters. The van der Waals surface area contributed by atoms with E-state index in [2.05, 4.69) is 116 Å². The molecule has 12 aliphatic heterocycles. The lowest BCUT2D eigenvalue weighted by atomic mass is 9.98. The van der Waals surface area contributed by atoms with Crippen LogP contribution in [0.25, 0.3) is 60.0 Å². The number of benzene rings is 6. The molecule has 10 nitrogen and oxygen atoms in total. The molecule has 0 aliphatic carbocycles. The minimum absolute atomic E-state index is 0.418. The molecule has 0 fully saturated rings. The summed E-state index contributed by atoms with van der Waals surface area (Å²) in [6, 6.07) is 25.8. The highest BCUT2D eigenvalue weighted by atomic mass is 32.2. The maximum Gasteiger partial charge on any atom is 0.120 e. The molecule has 12 aliphatic rings. The van der Waals surface area contributed by atoms with Gasteiger partial charge in [-0.25, -0.2) is 0 Å². The van der Waals surface area contributed by atoms with Crippen LogP contribution >= 0.6 is 94.1 Å². The highest BCUT2D eigenvalue weighted by Gasteiger charge is 2.20. The van der Waals surface area contributed by atoms with E-state index in [4.69, 9.17) is 47.4 Å². The topological polar surface area (TPSA) is 92.3 Å². The summed E-state index contributed by atoms with van der Waals surface area (Å²) in [5.41, 5.74) is 0. The molecule has 6 aromatic rings. The maximum absolute atomic E-state index is 6.32. The number of hydrogen-bond donors (Lipinski definition) is 0. The summed E-state index contributed by atoms with van der Waals surface area (Å²) >= 11 is 14.0. The van der Waals surface area contributed by atoms with Crippen molar-refractivity contribution in [2.75, 3.05) is 106 Å². The largest absolute Gasteiger partial charge is 0.491 e. The van der Waals surface area contributed by atoms with E-state index in [0.717, 1.165) is 44.5 Å². The van der Waals surface area contributed by atoms with E-state index in [1.54, 1.807) is 94.1 Å². The Morgan fingerprint density at radius 1 is 0.216 bits per heavy atom. The average Bonchev–Trinajstić information content (AvgIpc) is 4.30. The van der Waals surface area contributed by atoms with Crippen molar-refractivity contribution < 1.29 is 47.4 Å². The molecule has 0 saturated carbocycles. The SMILES string of the molecule is C1=CSC(=c2c3ccc4cc3c(=C3SC=CS3)c3ccc(cc23)OCCOCCOCCOCCOc2ccc3c(=C5SC=CS5)c5cc(ccc5c(=C5SC=CS5)c3c2)OCCOCCOCCOCCO4)S1. The lowest BCUT2D eigenvalue weighted by molar-refractivity contribution is 0.00500. The zero-order valence-electron chi connectivity index (χ0n) is 40.2. The van der Waals surface area contributed by atoms with Crippen LogP contribution in [0.1, 0.15) is 0 Å². The van der Waals surface area contributed by atoms with Gasteiger partial charge >= 0.3 is 0 Å². The molecular formula is C56H52O10S8. The molecule has 0 N–H and O–H groups in total. The van der Waals surface area contributed by atoms with Gasteiger partial charge in [-0.3, -0.25) is 0 Å². The third-order valence-corrected chi connectivity index (χ3v) is 20.6. The average molecular weight is 1140 g/mol. The van der Waals surface area contributed by atoms with Crippen LogP contribution in [0.5, 0.6) is 23.0 Å². The predicted molar refractivity (Wildman–Crippen MR) is 319 cm³/mol. The molecule has 0 saturated heterocycles. The fraction of sp³-hybridized carbons (Fsp3) is 0.286. The fourth-order valence-corrected chi connectivity index (χ4v) is 16.6. The Bertz CT molecular complexity index is 2930. The molecule has 6 aromatic carbocycles. The van der Waals surface area contributed by atoms with Crippen molar-refractivity contribution in [2.24, 2.45) is 0 Å². The number of hydrogen-bond acceptors (Lipinski definition) is 18. The van der Waals surface area contributed by atoms with Crippen molar-refractivity contribution in [1.82, 2.24) is 0 Å². The molecular weight excluding hydrogens is 1090 g/mol. The molecule has 384 valence electrons. The molecule has 0 atom stereocenters. The Morgan fingerprint density at radius 2 is 0.405 bits per heavy atom. The quantitative estimate of drug-likeness (QED) is 0.135. The highest BCUT2D eigenvalue weighted by molar-refractivity contribution is 8.36. The number of rotatable bonds is 0. The van der Waals surface area contributed by atoms with Gasteiger partial charge in [0, 0.05) is 20.9 Å². The summed E-state index contributed by atoms with van der Waals surface area (Å²) in [6.45, 7) is 7.15. The summed E-state index contributed by atoms with van der Waals surface area (Å²) in [7, 11) is 0. The molecule has 12 bridgehead atoms. The molecule has 0 spiro atoms. The van der Waals surface area contributed by atoms with Gasteiger partial charge in [0.25, 0.3) is 0 Å². The van der Waals surface area contributed by atoms with E-state index in [-0.39, 0.29) is 0 Å². The first-order chi connectivity index (χ1) is 36.8. The second-order valence-corrected chi connectivity index (χ2v) is 24.9.